The molecule has 1 N–H and O–H groups in total. The lowest BCUT2D eigenvalue weighted by Gasteiger charge is -2.04. The van der Waals surface area contributed by atoms with Crippen LogP contribution >= 0.6 is 0 Å². The number of aromatic nitrogens is 4. The zero-order chi connectivity index (χ0) is 16.9. The number of pyridine rings is 1. The Morgan fingerprint density at radius 1 is 1.29 bits per heavy atom. The molecule has 1 amide bonds. The number of carbonyl (C=O) groups excluding carboxylic acids is 1. The fourth-order valence-electron chi connectivity index (χ4n) is 2.01. The minimum Gasteiger partial charge on any atom is -0.481 e. The summed E-state index contributed by atoms with van der Waals surface area (Å²) in [4.78, 5) is 17.4. The minimum absolute atomic E-state index is 0.167. The highest BCUT2D eigenvalue weighted by Crippen LogP contribution is 2.09. The molecular formula is C16H14FN5O2. The van der Waals surface area contributed by atoms with Crippen molar-refractivity contribution in [3.8, 4) is 11.6 Å². The summed E-state index contributed by atoms with van der Waals surface area (Å²) in [6.07, 6.45) is 2.96. The molecule has 0 spiro atoms. The number of nitrogens with one attached hydrogen (secondary N) is 1. The van der Waals surface area contributed by atoms with E-state index in [9.17, 15) is 9.18 Å². The Bertz CT molecular complexity index is 848. The molecule has 24 heavy (non-hydrogen) atoms. The van der Waals surface area contributed by atoms with Crippen molar-refractivity contribution in [3.05, 3.63) is 65.9 Å². The number of halogens is 1. The summed E-state index contributed by atoms with van der Waals surface area (Å²) in [5.74, 6) is -0.236. The van der Waals surface area contributed by atoms with E-state index in [4.69, 9.17) is 4.74 Å². The van der Waals surface area contributed by atoms with Gasteiger partial charge in [0.2, 0.25) is 5.88 Å². The highest BCUT2D eigenvalue weighted by Gasteiger charge is 2.11. The average Bonchev–Trinajstić information content (AvgIpc) is 3.10. The Balaban J connectivity index is 1.66. The molecule has 0 unspecified atom stereocenters. The summed E-state index contributed by atoms with van der Waals surface area (Å²) in [6, 6.07) is 9.17. The van der Waals surface area contributed by atoms with Gasteiger partial charge < -0.3 is 10.1 Å². The van der Waals surface area contributed by atoms with E-state index >= 15 is 0 Å². The SMILES string of the molecule is COc1cc(CNC(=O)c2cnn(-c3ccc(F)cc3)n2)ccn1. The molecule has 2 heterocycles. The van der Waals surface area contributed by atoms with Gasteiger partial charge in [-0.3, -0.25) is 4.79 Å². The van der Waals surface area contributed by atoms with Crippen LogP contribution in [0, 0.1) is 5.82 Å². The van der Waals surface area contributed by atoms with Crippen LogP contribution in [-0.4, -0.2) is 33.0 Å². The molecule has 0 bridgehead atoms. The van der Waals surface area contributed by atoms with Gasteiger partial charge in [0, 0.05) is 18.8 Å². The van der Waals surface area contributed by atoms with Crippen molar-refractivity contribution < 1.29 is 13.9 Å². The number of amides is 1. The van der Waals surface area contributed by atoms with Gasteiger partial charge in [-0.25, -0.2) is 9.37 Å². The van der Waals surface area contributed by atoms with Crippen LogP contribution in [0.4, 0.5) is 4.39 Å². The molecule has 0 fully saturated rings. The summed E-state index contributed by atoms with van der Waals surface area (Å²) in [6.45, 7) is 0.307. The molecule has 0 saturated heterocycles. The molecule has 8 heteroatoms. The number of hydrogen-bond acceptors (Lipinski definition) is 5. The molecule has 0 aliphatic carbocycles. The standard InChI is InChI=1S/C16H14FN5O2/c1-24-15-8-11(6-7-18-15)9-19-16(23)14-10-20-22(21-14)13-4-2-12(17)3-5-13/h2-8,10H,9H2,1H3,(H,19,23). The Labute approximate surface area is 137 Å². The van der Waals surface area contributed by atoms with Gasteiger partial charge in [-0.15, -0.1) is 5.10 Å². The number of rotatable bonds is 5. The first-order valence-electron chi connectivity index (χ1n) is 7.11. The lowest BCUT2D eigenvalue weighted by atomic mass is 10.2. The molecule has 0 atom stereocenters. The monoisotopic (exact) mass is 327 g/mol. The fraction of sp³-hybridized carbons (Fsp3) is 0.125. The van der Waals surface area contributed by atoms with Crippen LogP contribution < -0.4 is 10.1 Å². The maximum Gasteiger partial charge on any atom is 0.273 e. The van der Waals surface area contributed by atoms with E-state index in [0.717, 1.165) is 5.56 Å². The minimum atomic E-state index is -0.362. The number of nitrogens with zero attached hydrogens (tertiary/aromatic N) is 4. The lowest BCUT2D eigenvalue weighted by Crippen LogP contribution is -2.23. The first-order chi connectivity index (χ1) is 11.7. The van der Waals surface area contributed by atoms with E-state index in [1.807, 2.05) is 0 Å². The van der Waals surface area contributed by atoms with Crippen LogP contribution in [0.25, 0.3) is 5.69 Å². The maximum atomic E-state index is 12.9. The molecule has 2 aromatic heterocycles. The van der Waals surface area contributed by atoms with E-state index in [2.05, 4.69) is 20.5 Å². The Morgan fingerprint density at radius 3 is 2.83 bits per heavy atom. The second-order valence-corrected chi connectivity index (χ2v) is 4.88. The van der Waals surface area contributed by atoms with Crippen molar-refractivity contribution in [1.29, 1.82) is 0 Å². The molecular weight excluding hydrogens is 313 g/mol. The topological polar surface area (TPSA) is 81.9 Å². The van der Waals surface area contributed by atoms with Crippen molar-refractivity contribution >= 4 is 5.91 Å². The molecule has 3 rings (SSSR count). The van der Waals surface area contributed by atoms with Crippen LogP contribution in [0.15, 0.2) is 48.8 Å². The number of ether oxygens (including phenoxy) is 1. The maximum absolute atomic E-state index is 12.9. The summed E-state index contributed by atoms with van der Waals surface area (Å²) in [7, 11) is 1.53. The van der Waals surface area contributed by atoms with Crippen LogP contribution in [0.1, 0.15) is 16.1 Å². The molecule has 122 valence electrons. The van der Waals surface area contributed by atoms with E-state index in [1.165, 1.54) is 42.4 Å². The third-order valence-corrected chi connectivity index (χ3v) is 3.24. The van der Waals surface area contributed by atoms with Gasteiger partial charge >= 0.3 is 0 Å². The molecule has 0 aliphatic heterocycles. The Morgan fingerprint density at radius 2 is 2.08 bits per heavy atom. The number of carbonyl (C=O) groups is 1. The lowest BCUT2D eigenvalue weighted by molar-refractivity contribution is 0.0945. The van der Waals surface area contributed by atoms with Crippen molar-refractivity contribution in [1.82, 2.24) is 25.3 Å². The number of benzene rings is 1. The van der Waals surface area contributed by atoms with Crippen LogP contribution in [0.5, 0.6) is 5.88 Å². The largest absolute Gasteiger partial charge is 0.481 e. The van der Waals surface area contributed by atoms with Gasteiger partial charge in [0.1, 0.15) is 5.82 Å². The van der Waals surface area contributed by atoms with Gasteiger partial charge in [-0.05, 0) is 35.9 Å². The molecule has 3 aromatic rings. The molecule has 0 radical (unpaired) electrons. The summed E-state index contributed by atoms with van der Waals surface area (Å²) >= 11 is 0. The van der Waals surface area contributed by atoms with E-state index in [0.29, 0.717) is 18.1 Å². The van der Waals surface area contributed by atoms with Crippen molar-refractivity contribution in [2.75, 3.05) is 7.11 Å². The van der Waals surface area contributed by atoms with E-state index in [-0.39, 0.29) is 17.4 Å². The predicted octanol–water partition coefficient (Wildman–Crippen LogP) is 1.74. The fourth-order valence-corrected chi connectivity index (χ4v) is 2.01. The van der Waals surface area contributed by atoms with Gasteiger partial charge in [0.05, 0.1) is 19.0 Å². The van der Waals surface area contributed by atoms with E-state index < -0.39 is 0 Å². The molecule has 1 aromatic carbocycles. The van der Waals surface area contributed by atoms with Gasteiger partial charge in [0.15, 0.2) is 5.69 Å². The molecule has 0 aliphatic rings. The highest BCUT2D eigenvalue weighted by atomic mass is 19.1. The first kappa shape index (κ1) is 15.6. The number of hydrogen-bond donors (Lipinski definition) is 1. The summed E-state index contributed by atoms with van der Waals surface area (Å²) in [5.41, 5.74) is 1.58. The van der Waals surface area contributed by atoms with Crippen molar-refractivity contribution in [3.63, 3.8) is 0 Å². The summed E-state index contributed by atoms with van der Waals surface area (Å²) in [5, 5.41) is 10.8. The zero-order valence-electron chi connectivity index (χ0n) is 12.8. The third kappa shape index (κ3) is 3.54. The second-order valence-electron chi connectivity index (χ2n) is 4.88. The predicted molar refractivity (Wildman–Crippen MR) is 83.3 cm³/mol. The second kappa shape index (κ2) is 6.86. The normalized spacial score (nSPS) is 10.4. The molecule has 0 saturated carbocycles. The average molecular weight is 327 g/mol. The smallest absolute Gasteiger partial charge is 0.273 e. The Kier molecular flexibility index (Phi) is 4.46. The van der Waals surface area contributed by atoms with Crippen molar-refractivity contribution in [2.45, 2.75) is 6.54 Å². The van der Waals surface area contributed by atoms with E-state index in [1.54, 1.807) is 18.3 Å². The zero-order valence-corrected chi connectivity index (χ0v) is 12.8. The Hall–Kier alpha value is -3.29. The quantitative estimate of drug-likeness (QED) is 0.772. The highest BCUT2D eigenvalue weighted by molar-refractivity contribution is 5.91. The summed E-state index contributed by atoms with van der Waals surface area (Å²) < 4.78 is 18.0. The van der Waals surface area contributed by atoms with Gasteiger partial charge in [-0.2, -0.15) is 9.90 Å². The van der Waals surface area contributed by atoms with Crippen LogP contribution in [0.3, 0.4) is 0 Å². The number of methoxy groups -OCH3 is 1. The van der Waals surface area contributed by atoms with Crippen molar-refractivity contribution in [2.24, 2.45) is 0 Å². The van der Waals surface area contributed by atoms with Crippen LogP contribution in [-0.2, 0) is 6.54 Å². The first-order valence-corrected chi connectivity index (χ1v) is 7.11. The third-order valence-electron chi connectivity index (χ3n) is 3.24. The van der Waals surface area contributed by atoms with Crippen LogP contribution in [0.2, 0.25) is 0 Å². The van der Waals surface area contributed by atoms with Gasteiger partial charge in [-0.1, -0.05) is 0 Å². The van der Waals surface area contributed by atoms with Gasteiger partial charge in [0.25, 0.3) is 5.91 Å². The molecule has 7 nitrogen and oxygen atoms in total.